The van der Waals surface area contributed by atoms with E-state index in [0.717, 1.165) is 46.5 Å². The average molecular weight is 324 g/mol. The standard InChI is InChI=1S/C17H16N4OS/c1-21-5-4-13-11(9-21)7-18-8-14(13)17(22)20-12-2-3-16-15(6-12)19-10-23-16/h2-3,6-8,10H,4-5,9H2,1H3,(H,20,22). The van der Waals surface area contributed by atoms with Gasteiger partial charge in [-0.25, -0.2) is 4.98 Å². The lowest BCUT2D eigenvalue weighted by Gasteiger charge is -2.26. The molecule has 0 saturated heterocycles. The Hall–Kier alpha value is -2.31. The van der Waals surface area contributed by atoms with Gasteiger partial charge in [-0.1, -0.05) is 0 Å². The Balaban J connectivity index is 1.63. The van der Waals surface area contributed by atoms with E-state index in [9.17, 15) is 4.79 Å². The molecule has 0 bridgehead atoms. The number of nitrogens with one attached hydrogen (secondary N) is 1. The minimum atomic E-state index is -0.103. The molecule has 0 saturated carbocycles. The highest BCUT2D eigenvalue weighted by Crippen LogP contribution is 2.24. The van der Waals surface area contributed by atoms with Gasteiger partial charge in [-0.3, -0.25) is 9.78 Å². The number of nitrogens with zero attached hydrogens (tertiary/aromatic N) is 3. The molecule has 0 aliphatic carbocycles. The number of pyridine rings is 1. The molecule has 3 heterocycles. The molecular formula is C17H16N4OS. The molecule has 1 aromatic carbocycles. The Kier molecular flexibility index (Phi) is 3.55. The van der Waals surface area contributed by atoms with Crippen LogP contribution in [0.25, 0.3) is 10.2 Å². The molecule has 1 amide bonds. The van der Waals surface area contributed by atoms with E-state index in [1.807, 2.05) is 29.9 Å². The molecular weight excluding hydrogens is 308 g/mol. The van der Waals surface area contributed by atoms with Gasteiger partial charge in [-0.15, -0.1) is 11.3 Å². The summed E-state index contributed by atoms with van der Waals surface area (Å²) in [6.07, 6.45) is 4.41. The SMILES string of the molecule is CN1CCc2c(cncc2C(=O)Nc2ccc3scnc3c2)C1. The van der Waals surface area contributed by atoms with E-state index in [1.54, 1.807) is 17.5 Å². The van der Waals surface area contributed by atoms with Crippen LogP contribution in [0.5, 0.6) is 0 Å². The first-order chi connectivity index (χ1) is 11.2. The predicted octanol–water partition coefficient (Wildman–Crippen LogP) is 2.93. The largest absolute Gasteiger partial charge is 0.322 e. The molecule has 0 spiro atoms. The van der Waals surface area contributed by atoms with Crippen LogP contribution in [0.2, 0.25) is 0 Å². The van der Waals surface area contributed by atoms with Crippen molar-refractivity contribution in [1.29, 1.82) is 0 Å². The summed E-state index contributed by atoms with van der Waals surface area (Å²) in [5, 5.41) is 2.97. The van der Waals surface area contributed by atoms with Crippen LogP contribution in [-0.2, 0) is 13.0 Å². The summed E-state index contributed by atoms with van der Waals surface area (Å²) in [6.45, 7) is 1.80. The summed E-state index contributed by atoms with van der Waals surface area (Å²) in [5.41, 5.74) is 6.41. The van der Waals surface area contributed by atoms with E-state index in [2.05, 4.69) is 27.2 Å². The van der Waals surface area contributed by atoms with Gasteiger partial charge in [0.05, 0.1) is 21.3 Å². The molecule has 1 aliphatic heterocycles. The third kappa shape index (κ3) is 2.71. The summed E-state index contributed by atoms with van der Waals surface area (Å²) >= 11 is 1.59. The van der Waals surface area contributed by atoms with Crippen LogP contribution in [-0.4, -0.2) is 34.4 Å². The van der Waals surface area contributed by atoms with Crippen molar-refractivity contribution in [1.82, 2.24) is 14.9 Å². The van der Waals surface area contributed by atoms with Crippen molar-refractivity contribution in [3.8, 4) is 0 Å². The molecule has 0 fully saturated rings. The van der Waals surface area contributed by atoms with Crippen LogP contribution in [0.1, 0.15) is 21.5 Å². The Morgan fingerprint density at radius 3 is 3.17 bits per heavy atom. The summed E-state index contributed by atoms with van der Waals surface area (Å²) in [4.78, 5) is 23.4. The maximum Gasteiger partial charge on any atom is 0.257 e. The summed E-state index contributed by atoms with van der Waals surface area (Å²) in [7, 11) is 2.08. The number of carbonyl (C=O) groups is 1. The first-order valence-electron chi connectivity index (χ1n) is 7.49. The van der Waals surface area contributed by atoms with E-state index in [1.165, 1.54) is 0 Å². The van der Waals surface area contributed by atoms with Gasteiger partial charge in [-0.05, 0) is 42.8 Å². The van der Waals surface area contributed by atoms with Gasteiger partial charge in [0.1, 0.15) is 0 Å². The summed E-state index contributed by atoms with van der Waals surface area (Å²) < 4.78 is 1.12. The number of thiazole rings is 1. The van der Waals surface area contributed by atoms with Crippen molar-refractivity contribution in [3.05, 3.63) is 52.8 Å². The van der Waals surface area contributed by atoms with Crippen molar-refractivity contribution < 1.29 is 4.79 Å². The topological polar surface area (TPSA) is 58.1 Å². The van der Waals surface area contributed by atoms with Crippen molar-refractivity contribution in [2.75, 3.05) is 18.9 Å². The van der Waals surface area contributed by atoms with E-state index in [0.29, 0.717) is 5.56 Å². The number of anilines is 1. The van der Waals surface area contributed by atoms with Gasteiger partial charge >= 0.3 is 0 Å². The Labute approximate surface area is 138 Å². The lowest BCUT2D eigenvalue weighted by molar-refractivity contribution is 0.102. The fraction of sp³-hybridized carbons (Fsp3) is 0.235. The number of aromatic nitrogens is 2. The highest BCUT2D eigenvalue weighted by atomic mass is 32.1. The van der Waals surface area contributed by atoms with Gasteiger partial charge in [0, 0.05) is 31.2 Å². The van der Waals surface area contributed by atoms with E-state index < -0.39 is 0 Å². The third-order valence-corrected chi connectivity index (χ3v) is 4.97. The molecule has 0 atom stereocenters. The van der Waals surface area contributed by atoms with Gasteiger partial charge in [-0.2, -0.15) is 0 Å². The number of carbonyl (C=O) groups excluding carboxylic acids is 1. The predicted molar refractivity (Wildman–Crippen MR) is 91.8 cm³/mol. The second-order valence-electron chi connectivity index (χ2n) is 5.80. The minimum absolute atomic E-state index is 0.103. The van der Waals surface area contributed by atoms with Crippen LogP contribution in [0.3, 0.4) is 0 Å². The van der Waals surface area contributed by atoms with Gasteiger partial charge in [0.15, 0.2) is 0 Å². The highest BCUT2D eigenvalue weighted by Gasteiger charge is 2.20. The number of hydrogen-bond acceptors (Lipinski definition) is 5. The molecule has 1 N–H and O–H groups in total. The molecule has 23 heavy (non-hydrogen) atoms. The quantitative estimate of drug-likeness (QED) is 0.787. The smallest absolute Gasteiger partial charge is 0.257 e. The van der Waals surface area contributed by atoms with Crippen molar-refractivity contribution in [3.63, 3.8) is 0 Å². The van der Waals surface area contributed by atoms with Crippen LogP contribution >= 0.6 is 11.3 Å². The second kappa shape index (κ2) is 5.72. The molecule has 5 nitrogen and oxygen atoms in total. The molecule has 0 radical (unpaired) electrons. The fourth-order valence-corrected chi connectivity index (χ4v) is 3.62. The number of fused-ring (bicyclic) bond motifs is 2. The molecule has 2 aromatic heterocycles. The van der Waals surface area contributed by atoms with Crippen LogP contribution in [0.15, 0.2) is 36.1 Å². The monoisotopic (exact) mass is 324 g/mol. The normalized spacial score (nSPS) is 14.7. The number of hydrogen-bond donors (Lipinski definition) is 1. The zero-order chi connectivity index (χ0) is 15.8. The van der Waals surface area contributed by atoms with Crippen molar-refractivity contribution in [2.45, 2.75) is 13.0 Å². The number of rotatable bonds is 2. The van der Waals surface area contributed by atoms with E-state index in [-0.39, 0.29) is 5.91 Å². The molecule has 0 unspecified atom stereocenters. The first-order valence-corrected chi connectivity index (χ1v) is 8.37. The molecule has 116 valence electrons. The molecule has 1 aliphatic rings. The maximum atomic E-state index is 12.7. The number of likely N-dealkylation sites (N-methyl/N-ethyl adjacent to an activating group) is 1. The zero-order valence-corrected chi connectivity index (χ0v) is 13.6. The Bertz CT molecular complexity index is 889. The van der Waals surface area contributed by atoms with Crippen LogP contribution in [0.4, 0.5) is 5.69 Å². The second-order valence-corrected chi connectivity index (χ2v) is 6.69. The minimum Gasteiger partial charge on any atom is -0.322 e. The summed E-state index contributed by atoms with van der Waals surface area (Å²) in [6, 6.07) is 5.80. The zero-order valence-electron chi connectivity index (χ0n) is 12.7. The van der Waals surface area contributed by atoms with Gasteiger partial charge < -0.3 is 10.2 Å². The van der Waals surface area contributed by atoms with Gasteiger partial charge in [0.2, 0.25) is 0 Å². The summed E-state index contributed by atoms with van der Waals surface area (Å²) in [5.74, 6) is -0.103. The molecule has 4 rings (SSSR count). The fourth-order valence-electron chi connectivity index (χ4n) is 2.96. The van der Waals surface area contributed by atoms with Crippen LogP contribution in [0, 0.1) is 0 Å². The molecule has 3 aromatic rings. The lowest BCUT2D eigenvalue weighted by Crippen LogP contribution is -2.29. The Morgan fingerprint density at radius 1 is 1.35 bits per heavy atom. The maximum absolute atomic E-state index is 12.7. The first kappa shape index (κ1) is 14.3. The molecule has 6 heteroatoms. The average Bonchev–Trinajstić information content (AvgIpc) is 3.01. The highest BCUT2D eigenvalue weighted by molar-refractivity contribution is 7.16. The van der Waals surface area contributed by atoms with Gasteiger partial charge in [0.25, 0.3) is 5.91 Å². The lowest BCUT2D eigenvalue weighted by atomic mass is 9.97. The van der Waals surface area contributed by atoms with E-state index in [4.69, 9.17) is 0 Å². The van der Waals surface area contributed by atoms with Crippen molar-refractivity contribution in [2.24, 2.45) is 0 Å². The number of amides is 1. The Morgan fingerprint density at radius 2 is 2.26 bits per heavy atom. The third-order valence-electron chi connectivity index (χ3n) is 4.16. The number of benzene rings is 1. The van der Waals surface area contributed by atoms with E-state index >= 15 is 0 Å². The van der Waals surface area contributed by atoms with Crippen LogP contribution < -0.4 is 5.32 Å². The van der Waals surface area contributed by atoms with Crippen molar-refractivity contribution >= 4 is 33.1 Å².